The monoisotopic (exact) mass is 303 g/mol. The minimum absolute atomic E-state index is 0.162. The molecular weight excluding hydrogens is 289 g/mol. The molecule has 0 spiro atoms. The molecule has 0 unspecified atom stereocenters. The lowest BCUT2D eigenvalue weighted by atomic mass is 10.1. The zero-order valence-corrected chi connectivity index (χ0v) is 12.3. The van der Waals surface area contributed by atoms with Crippen LogP contribution in [0, 0.1) is 24.6 Å². The van der Waals surface area contributed by atoms with Crippen molar-refractivity contribution in [2.45, 2.75) is 13.5 Å². The van der Waals surface area contributed by atoms with Crippen molar-refractivity contribution in [2.75, 3.05) is 6.61 Å². The van der Waals surface area contributed by atoms with E-state index in [0.29, 0.717) is 6.54 Å². The van der Waals surface area contributed by atoms with Gasteiger partial charge in [0.2, 0.25) is 0 Å². The fourth-order valence-corrected chi connectivity index (χ4v) is 2.57. The zero-order valence-electron chi connectivity index (χ0n) is 11.4. The third kappa shape index (κ3) is 4.15. The van der Waals surface area contributed by atoms with Crippen LogP contribution in [0.15, 0.2) is 30.3 Å². The van der Waals surface area contributed by atoms with Gasteiger partial charge in [0.05, 0.1) is 12.1 Å². The lowest BCUT2D eigenvalue weighted by molar-refractivity contribution is 0.0951. The van der Waals surface area contributed by atoms with Gasteiger partial charge in [-0.05, 0) is 37.3 Å². The van der Waals surface area contributed by atoms with E-state index in [1.165, 1.54) is 17.0 Å². The van der Waals surface area contributed by atoms with Crippen LogP contribution in [0.1, 0.15) is 25.7 Å². The number of hydrogen-bond acceptors (Lipinski definition) is 3. The highest BCUT2D eigenvalue weighted by atomic mass is 32.1. The molecule has 0 aliphatic heterocycles. The number of aryl methyl sites for hydroxylation is 1. The Balaban J connectivity index is 2.04. The Kier molecular flexibility index (Phi) is 5.09. The highest BCUT2D eigenvalue weighted by Gasteiger charge is 2.09. The number of amides is 1. The smallest absolute Gasteiger partial charge is 0.251 e. The van der Waals surface area contributed by atoms with Crippen molar-refractivity contribution in [3.05, 3.63) is 57.0 Å². The maximum atomic E-state index is 13.7. The van der Waals surface area contributed by atoms with Gasteiger partial charge in [-0.2, -0.15) is 0 Å². The summed E-state index contributed by atoms with van der Waals surface area (Å²) in [5.41, 5.74) is 0.407. The number of thiophene rings is 1. The van der Waals surface area contributed by atoms with Crippen LogP contribution in [-0.2, 0) is 6.54 Å². The minimum Gasteiger partial charge on any atom is -0.384 e. The van der Waals surface area contributed by atoms with Crippen molar-refractivity contribution in [1.29, 1.82) is 0 Å². The van der Waals surface area contributed by atoms with E-state index in [-0.39, 0.29) is 23.6 Å². The first kappa shape index (κ1) is 15.2. The maximum absolute atomic E-state index is 13.7. The van der Waals surface area contributed by atoms with E-state index in [4.69, 9.17) is 5.11 Å². The van der Waals surface area contributed by atoms with Crippen LogP contribution >= 0.6 is 11.3 Å². The highest BCUT2D eigenvalue weighted by Crippen LogP contribution is 2.15. The van der Waals surface area contributed by atoms with E-state index in [9.17, 15) is 9.18 Å². The number of carbonyl (C=O) groups excluding carboxylic acids is 1. The fraction of sp³-hybridized carbons (Fsp3) is 0.188. The van der Waals surface area contributed by atoms with Gasteiger partial charge in [-0.3, -0.25) is 4.79 Å². The SMILES string of the molecule is Cc1ccc(CNC(=O)c2ccc(C#CCO)c(F)c2)s1. The summed E-state index contributed by atoms with van der Waals surface area (Å²) in [4.78, 5) is 14.2. The van der Waals surface area contributed by atoms with Gasteiger partial charge in [-0.1, -0.05) is 11.8 Å². The Bertz CT molecular complexity index is 713. The second-order valence-corrected chi connectivity index (χ2v) is 5.72. The quantitative estimate of drug-likeness (QED) is 0.856. The molecule has 0 aliphatic rings. The molecule has 0 aliphatic carbocycles. The first-order chi connectivity index (χ1) is 10.1. The normalized spacial score (nSPS) is 9.86. The predicted octanol–water partition coefficient (Wildman–Crippen LogP) is 2.47. The second kappa shape index (κ2) is 7.02. The van der Waals surface area contributed by atoms with Gasteiger partial charge < -0.3 is 10.4 Å². The molecule has 1 aromatic carbocycles. The predicted molar refractivity (Wildman–Crippen MR) is 80.6 cm³/mol. The molecule has 0 saturated heterocycles. The van der Waals surface area contributed by atoms with Gasteiger partial charge in [-0.15, -0.1) is 11.3 Å². The highest BCUT2D eigenvalue weighted by molar-refractivity contribution is 7.11. The molecule has 0 saturated carbocycles. The topological polar surface area (TPSA) is 49.3 Å². The van der Waals surface area contributed by atoms with Crippen molar-refractivity contribution < 1.29 is 14.3 Å². The summed E-state index contributed by atoms with van der Waals surface area (Å²) in [5, 5.41) is 11.3. The largest absolute Gasteiger partial charge is 0.384 e. The zero-order chi connectivity index (χ0) is 15.2. The van der Waals surface area contributed by atoms with Crippen LogP contribution < -0.4 is 5.32 Å². The van der Waals surface area contributed by atoms with E-state index in [0.717, 1.165) is 10.9 Å². The number of aliphatic hydroxyl groups excluding tert-OH is 1. The standard InChI is InChI=1S/C16H14FNO2S/c1-11-4-7-14(21-11)10-18-16(20)13-6-5-12(3-2-8-19)15(17)9-13/h4-7,9,19H,8,10H2,1H3,(H,18,20). The van der Waals surface area contributed by atoms with Crippen LogP contribution in [-0.4, -0.2) is 17.6 Å². The summed E-state index contributed by atoms with van der Waals surface area (Å²) in [5.74, 6) is 3.95. The molecule has 2 N–H and O–H groups in total. The average Bonchev–Trinajstić information content (AvgIpc) is 2.89. The first-order valence-electron chi connectivity index (χ1n) is 6.33. The molecule has 108 valence electrons. The van der Waals surface area contributed by atoms with Crippen LogP contribution in [0.2, 0.25) is 0 Å². The molecule has 0 radical (unpaired) electrons. The number of benzene rings is 1. The number of hydrogen-bond donors (Lipinski definition) is 2. The molecule has 5 heteroatoms. The fourth-order valence-electron chi connectivity index (χ4n) is 1.74. The third-order valence-electron chi connectivity index (χ3n) is 2.75. The van der Waals surface area contributed by atoms with Crippen molar-refractivity contribution in [3.8, 4) is 11.8 Å². The van der Waals surface area contributed by atoms with E-state index < -0.39 is 5.82 Å². The lowest BCUT2D eigenvalue weighted by Gasteiger charge is -2.04. The Morgan fingerprint density at radius 3 is 2.81 bits per heavy atom. The van der Waals surface area contributed by atoms with Crippen LogP contribution in [0.4, 0.5) is 4.39 Å². The Morgan fingerprint density at radius 1 is 1.38 bits per heavy atom. The van der Waals surface area contributed by atoms with E-state index in [2.05, 4.69) is 17.2 Å². The summed E-state index contributed by atoms with van der Waals surface area (Å²) in [7, 11) is 0. The molecule has 1 amide bonds. The number of nitrogens with one attached hydrogen (secondary N) is 1. The van der Waals surface area contributed by atoms with Gasteiger partial charge in [0, 0.05) is 15.3 Å². The van der Waals surface area contributed by atoms with Crippen LogP contribution in [0.5, 0.6) is 0 Å². The number of halogens is 1. The number of rotatable bonds is 3. The summed E-state index contributed by atoms with van der Waals surface area (Å²) < 4.78 is 13.7. The number of aliphatic hydroxyl groups is 1. The molecule has 1 aromatic heterocycles. The summed E-state index contributed by atoms with van der Waals surface area (Å²) in [6.45, 7) is 2.09. The van der Waals surface area contributed by atoms with Crippen LogP contribution in [0.25, 0.3) is 0 Å². The Hall–Kier alpha value is -2.16. The van der Waals surface area contributed by atoms with Crippen molar-refractivity contribution in [1.82, 2.24) is 5.32 Å². The molecule has 0 atom stereocenters. The second-order valence-electron chi connectivity index (χ2n) is 4.35. The van der Waals surface area contributed by atoms with Gasteiger partial charge >= 0.3 is 0 Å². The molecular formula is C16H14FNO2S. The van der Waals surface area contributed by atoms with Gasteiger partial charge in [0.25, 0.3) is 5.91 Å². The van der Waals surface area contributed by atoms with E-state index >= 15 is 0 Å². The van der Waals surface area contributed by atoms with Crippen molar-refractivity contribution in [3.63, 3.8) is 0 Å². The van der Waals surface area contributed by atoms with E-state index in [1.807, 2.05) is 19.1 Å². The number of carbonyl (C=O) groups is 1. The molecule has 2 aromatic rings. The van der Waals surface area contributed by atoms with Crippen LogP contribution in [0.3, 0.4) is 0 Å². The van der Waals surface area contributed by atoms with Gasteiger partial charge in [0.15, 0.2) is 0 Å². The minimum atomic E-state index is -0.574. The van der Waals surface area contributed by atoms with Gasteiger partial charge in [-0.25, -0.2) is 4.39 Å². The Morgan fingerprint density at radius 2 is 2.19 bits per heavy atom. The molecule has 2 rings (SSSR count). The first-order valence-corrected chi connectivity index (χ1v) is 7.14. The maximum Gasteiger partial charge on any atom is 0.251 e. The van der Waals surface area contributed by atoms with Crippen molar-refractivity contribution >= 4 is 17.2 Å². The Labute approximate surface area is 126 Å². The summed E-state index contributed by atoms with van der Waals surface area (Å²) in [6, 6.07) is 8.03. The van der Waals surface area contributed by atoms with Gasteiger partial charge in [0.1, 0.15) is 12.4 Å². The van der Waals surface area contributed by atoms with Crippen molar-refractivity contribution in [2.24, 2.45) is 0 Å². The molecule has 0 fully saturated rings. The summed E-state index contributed by atoms with van der Waals surface area (Å²) >= 11 is 1.61. The summed E-state index contributed by atoms with van der Waals surface area (Å²) in [6.07, 6.45) is 0. The molecule has 3 nitrogen and oxygen atoms in total. The third-order valence-corrected chi connectivity index (χ3v) is 3.75. The lowest BCUT2D eigenvalue weighted by Crippen LogP contribution is -2.22. The average molecular weight is 303 g/mol. The van der Waals surface area contributed by atoms with E-state index in [1.54, 1.807) is 11.3 Å². The molecule has 21 heavy (non-hydrogen) atoms. The molecule has 1 heterocycles. The molecule has 0 bridgehead atoms.